The maximum atomic E-state index is 12.4. The summed E-state index contributed by atoms with van der Waals surface area (Å²) >= 11 is 0. The SMILES string of the molecule is COC(C(N)=O)C(=O)NCC(F)(F)C(F)(F)F. The lowest BCUT2D eigenvalue weighted by atomic mass is 10.3. The van der Waals surface area contributed by atoms with Gasteiger partial charge in [-0.25, -0.2) is 0 Å². The number of hydrogen-bond acceptors (Lipinski definition) is 3. The number of rotatable bonds is 5. The zero-order valence-corrected chi connectivity index (χ0v) is 8.48. The van der Waals surface area contributed by atoms with E-state index in [0.717, 1.165) is 7.11 Å². The fourth-order valence-corrected chi connectivity index (χ4v) is 0.743. The van der Waals surface area contributed by atoms with Crippen molar-refractivity contribution in [1.29, 1.82) is 0 Å². The van der Waals surface area contributed by atoms with Crippen LogP contribution >= 0.6 is 0 Å². The highest BCUT2D eigenvalue weighted by Gasteiger charge is 2.57. The van der Waals surface area contributed by atoms with Gasteiger partial charge in [-0.3, -0.25) is 9.59 Å². The van der Waals surface area contributed by atoms with E-state index in [0.29, 0.717) is 0 Å². The topological polar surface area (TPSA) is 81.4 Å². The lowest BCUT2D eigenvalue weighted by Gasteiger charge is -2.20. The number of carbonyl (C=O) groups excluding carboxylic acids is 2. The van der Waals surface area contributed by atoms with Crippen molar-refractivity contribution in [2.45, 2.75) is 18.2 Å². The Morgan fingerprint density at radius 3 is 2.06 bits per heavy atom. The van der Waals surface area contributed by atoms with Crippen LogP contribution in [0.25, 0.3) is 0 Å². The van der Waals surface area contributed by atoms with Crippen LogP contribution < -0.4 is 11.1 Å². The second-order valence-electron chi connectivity index (χ2n) is 2.94. The average molecular weight is 264 g/mol. The molecule has 0 aromatic heterocycles. The Morgan fingerprint density at radius 2 is 1.76 bits per heavy atom. The molecule has 0 heterocycles. The number of carbonyl (C=O) groups is 2. The summed E-state index contributed by atoms with van der Waals surface area (Å²) in [6.45, 7) is -2.00. The van der Waals surface area contributed by atoms with Crippen LogP contribution in [0.15, 0.2) is 0 Å². The van der Waals surface area contributed by atoms with Crippen LogP contribution in [0, 0.1) is 0 Å². The molecule has 0 saturated heterocycles. The fourth-order valence-electron chi connectivity index (χ4n) is 0.743. The van der Waals surface area contributed by atoms with E-state index in [4.69, 9.17) is 0 Å². The first-order chi connectivity index (χ1) is 7.53. The number of ether oxygens (including phenoxy) is 1. The number of nitrogens with one attached hydrogen (secondary N) is 1. The first-order valence-corrected chi connectivity index (χ1v) is 4.07. The van der Waals surface area contributed by atoms with E-state index in [1.165, 1.54) is 5.32 Å². The molecule has 0 rings (SSSR count). The van der Waals surface area contributed by atoms with Crippen molar-refractivity contribution >= 4 is 11.8 Å². The third-order valence-electron chi connectivity index (χ3n) is 1.63. The van der Waals surface area contributed by atoms with Gasteiger partial charge in [0.15, 0.2) is 0 Å². The highest BCUT2D eigenvalue weighted by atomic mass is 19.4. The summed E-state index contributed by atoms with van der Waals surface area (Å²) in [5.74, 6) is -7.87. The van der Waals surface area contributed by atoms with Gasteiger partial charge in [0.2, 0.25) is 6.10 Å². The number of methoxy groups -OCH3 is 1. The molecule has 0 fully saturated rings. The average Bonchev–Trinajstić information content (AvgIpc) is 2.13. The zero-order chi connectivity index (χ0) is 13.9. The van der Waals surface area contributed by atoms with Gasteiger partial charge in [-0.2, -0.15) is 22.0 Å². The fraction of sp³-hybridized carbons (Fsp3) is 0.714. The van der Waals surface area contributed by atoms with E-state index < -0.39 is 36.6 Å². The molecule has 3 N–H and O–H groups in total. The summed E-state index contributed by atoms with van der Waals surface area (Å²) in [5.41, 5.74) is 4.64. The lowest BCUT2D eigenvalue weighted by Crippen LogP contribution is -2.51. The molecule has 10 heteroatoms. The first-order valence-electron chi connectivity index (χ1n) is 4.07. The molecule has 17 heavy (non-hydrogen) atoms. The van der Waals surface area contributed by atoms with Gasteiger partial charge in [0, 0.05) is 7.11 Å². The predicted molar refractivity (Wildman–Crippen MR) is 44.0 cm³/mol. The molecule has 0 radical (unpaired) electrons. The Balaban J connectivity index is 4.49. The van der Waals surface area contributed by atoms with Crippen LogP contribution in [-0.4, -0.2) is 43.7 Å². The van der Waals surface area contributed by atoms with E-state index in [1.54, 1.807) is 0 Å². The third kappa shape index (κ3) is 4.13. The van der Waals surface area contributed by atoms with Crippen LogP contribution in [0.4, 0.5) is 22.0 Å². The Bertz CT molecular complexity index is 304. The first kappa shape index (κ1) is 15.5. The van der Waals surface area contributed by atoms with E-state index in [-0.39, 0.29) is 0 Å². The van der Waals surface area contributed by atoms with Crippen molar-refractivity contribution < 1.29 is 36.3 Å². The van der Waals surface area contributed by atoms with E-state index in [1.807, 2.05) is 0 Å². The van der Waals surface area contributed by atoms with Gasteiger partial charge >= 0.3 is 12.1 Å². The Morgan fingerprint density at radius 1 is 1.29 bits per heavy atom. The van der Waals surface area contributed by atoms with Crippen LogP contribution in [0.5, 0.6) is 0 Å². The van der Waals surface area contributed by atoms with Gasteiger partial charge in [0.1, 0.15) is 0 Å². The molecule has 0 aliphatic heterocycles. The highest BCUT2D eigenvalue weighted by molar-refractivity contribution is 6.02. The predicted octanol–water partition coefficient (Wildman–Crippen LogP) is -0.199. The molecule has 0 saturated carbocycles. The Labute approximate surface area is 92.1 Å². The van der Waals surface area contributed by atoms with Gasteiger partial charge in [-0.05, 0) is 0 Å². The normalized spacial score (nSPS) is 14.2. The summed E-state index contributed by atoms with van der Waals surface area (Å²) in [6, 6.07) is 0. The zero-order valence-electron chi connectivity index (χ0n) is 8.48. The van der Waals surface area contributed by atoms with Gasteiger partial charge in [-0.15, -0.1) is 0 Å². The van der Waals surface area contributed by atoms with E-state index in [9.17, 15) is 31.5 Å². The molecule has 0 aliphatic carbocycles. The summed E-state index contributed by atoms with van der Waals surface area (Å²) in [7, 11) is 0.872. The molecule has 0 aliphatic rings. The standard InChI is InChI=1S/C7H9F5N2O3/c1-17-3(4(13)15)5(16)14-2-6(8,9)7(10,11)12/h3H,2H2,1H3,(H2,13,15)(H,14,16). The smallest absolute Gasteiger partial charge is 0.367 e. The number of amides is 2. The summed E-state index contributed by atoms with van der Waals surface area (Å²) in [6.07, 6.45) is -7.71. The molecule has 0 aromatic carbocycles. The molecule has 0 aromatic rings. The number of hydrogen-bond donors (Lipinski definition) is 2. The molecule has 2 amide bonds. The van der Waals surface area contributed by atoms with Crippen molar-refractivity contribution in [2.75, 3.05) is 13.7 Å². The number of alkyl halides is 5. The number of nitrogens with two attached hydrogens (primary N) is 1. The van der Waals surface area contributed by atoms with Crippen molar-refractivity contribution in [3.8, 4) is 0 Å². The van der Waals surface area contributed by atoms with Crippen LogP contribution in [0.2, 0.25) is 0 Å². The Kier molecular flexibility index (Phi) is 4.81. The molecular formula is C7H9F5N2O3. The molecular weight excluding hydrogens is 255 g/mol. The Hall–Kier alpha value is -1.45. The number of primary amides is 1. The van der Waals surface area contributed by atoms with Crippen LogP contribution in [0.3, 0.4) is 0 Å². The second-order valence-corrected chi connectivity index (χ2v) is 2.94. The summed E-state index contributed by atoms with van der Waals surface area (Å²) in [4.78, 5) is 21.5. The van der Waals surface area contributed by atoms with Crippen molar-refractivity contribution in [1.82, 2.24) is 5.32 Å². The van der Waals surface area contributed by atoms with Crippen molar-refractivity contribution in [2.24, 2.45) is 5.73 Å². The summed E-state index contributed by atoms with van der Waals surface area (Å²) in [5, 5.41) is 1.23. The lowest BCUT2D eigenvalue weighted by molar-refractivity contribution is -0.278. The van der Waals surface area contributed by atoms with Gasteiger partial charge in [0.25, 0.3) is 11.8 Å². The van der Waals surface area contributed by atoms with E-state index in [2.05, 4.69) is 10.5 Å². The van der Waals surface area contributed by atoms with Gasteiger partial charge in [-0.1, -0.05) is 0 Å². The number of halogens is 5. The minimum absolute atomic E-state index is 0.872. The van der Waals surface area contributed by atoms with Crippen LogP contribution in [0.1, 0.15) is 0 Å². The maximum Gasteiger partial charge on any atom is 0.455 e. The van der Waals surface area contributed by atoms with Gasteiger partial charge in [0.05, 0.1) is 6.54 Å². The van der Waals surface area contributed by atoms with Crippen molar-refractivity contribution in [3.63, 3.8) is 0 Å². The van der Waals surface area contributed by atoms with Gasteiger partial charge < -0.3 is 15.8 Å². The minimum Gasteiger partial charge on any atom is -0.367 e. The minimum atomic E-state index is -5.80. The molecule has 0 spiro atoms. The highest BCUT2D eigenvalue weighted by Crippen LogP contribution is 2.34. The molecule has 1 atom stereocenters. The molecule has 100 valence electrons. The van der Waals surface area contributed by atoms with Crippen LogP contribution in [-0.2, 0) is 14.3 Å². The second kappa shape index (κ2) is 5.25. The largest absolute Gasteiger partial charge is 0.455 e. The maximum absolute atomic E-state index is 12.4. The third-order valence-corrected chi connectivity index (χ3v) is 1.63. The monoisotopic (exact) mass is 264 g/mol. The molecule has 0 bridgehead atoms. The quantitative estimate of drug-likeness (QED) is 0.533. The molecule has 5 nitrogen and oxygen atoms in total. The van der Waals surface area contributed by atoms with E-state index >= 15 is 0 Å². The van der Waals surface area contributed by atoms with Crippen molar-refractivity contribution in [3.05, 3.63) is 0 Å². The molecule has 1 unspecified atom stereocenters. The summed E-state index contributed by atoms with van der Waals surface area (Å²) < 4.78 is 64.0.